The van der Waals surface area contributed by atoms with Gasteiger partial charge in [-0.05, 0) is 49.7 Å². The molecular weight excluding hydrogens is 352 g/mol. The molecule has 3 aromatic rings. The number of rotatable bonds is 6. The zero-order chi connectivity index (χ0) is 19.3. The largest absolute Gasteiger partial charge is 0.496 e. The lowest BCUT2D eigenvalue weighted by molar-refractivity contribution is -0.120. The second kappa shape index (κ2) is 8.27. The van der Waals surface area contributed by atoms with E-state index in [0.29, 0.717) is 6.54 Å². The Morgan fingerprint density at radius 2 is 2.11 bits per heavy atom. The van der Waals surface area contributed by atoms with Gasteiger partial charge in [-0.1, -0.05) is 24.3 Å². The van der Waals surface area contributed by atoms with Gasteiger partial charge in [0, 0.05) is 30.2 Å². The lowest BCUT2D eigenvalue weighted by Crippen LogP contribution is -2.39. The van der Waals surface area contributed by atoms with Crippen molar-refractivity contribution in [2.45, 2.75) is 25.4 Å². The van der Waals surface area contributed by atoms with Crippen molar-refractivity contribution in [2.75, 3.05) is 19.0 Å². The number of ether oxygens (including phenoxy) is 1. The summed E-state index contributed by atoms with van der Waals surface area (Å²) in [6.45, 7) is 1.61. The predicted molar refractivity (Wildman–Crippen MR) is 109 cm³/mol. The lowest BCUT2D eigenvalue weighted by atomic mass is 10.1. The maximum Gasteiger partial charge on any atom is 0.241 e. The number of hydrogen-bond donors (Lipinski definition) is 1. The van der Waals surface area contributed by atoms with Gasteiger partial charge >= 0.3 is 0 Å². The fraction of sp³-hybridized carbons (Fsp3) is 0.273. The van der Waals surface area contributed by atoms with E-state index in [1.165, 1.54) is 0 Å². The number of amides is 1. The highest BCUT2D eigenvalue weighted by molar-refractivity contribution is 5.95. The number of carbonyl (C=O) groups excluding carboxylic acids is 1. The summed E-state index contributed by atoms with van der Waals surface area (Å²) in [5.41, 5.74) is 2.80. The van der Waals surface area contributed by atoms with Gasteiger partial charge in [0.25, 0.3) is 0 Å². The second-order valence-corrected chi connectivity index (χ2v) is 6.93. The van der Waals surface area contributed by atoms with Crippen LogP contribution in [0.15, 0.2) is 67.0 Å². The molecule has 2 aromatic carbocycles. The van der Waals surface area contributed by atoms with Crippen LogP contribution in [-0.2, 0) is 11.3 Å². The fourth-order valence-electron chi connectivity index (χ4n) is 3.74. The SMILES string of the molecule is COc1ccccc1CN1CCC[C@H]1C(=O)Nc1cccc(-n2cccn2)c1. The molecule has 1 N–H and O–H groups in total. The lowest BCUT2D eigenvalue weighted by Gasteiger charge is -2.24. The van der Waals surface area contributed by atoms with Gasteiger partial charge in [-0.2, -0.15) is 5.10 Å². The number of aromatic nitrogens is 2. The van der Waals surface area contributed by atoms with Crippen LogP contribution in [0.2, 0.25) is 0 Å². The molecule has 1 aliphatic rings. The number of nitrogens with zero attached hydrogens (tertiary/aromatic N) is 3. The fourth-order valence-corrected chi connectivity index (χ4v) is 3.74. The molecular formula is C22H24N4O2. The maximum absolute atomic E-state index is 13.0. The van der Waals surface area contributed by atoms with Crippen LogP contribution < -0.4 is 10.1 Å². The Balaban J connectivity index is 1.46. The molecule has 144 valence electrons. The zero-order valence-corrected chi connectivity index (χ0v) is 15.9. The summed E-state index contributed by atoms with van der Waals surface area (Å²) in [7, 11) is 1.68. The van der Waals surface area contributed by atoms with E-state index in [1.54, 1.807) is 18.0 Å². The van der Waals surface area contributed by atoms with Gasteiger partial charge in [0.1, 0.15) is 5.75 Å². The Labute approximate surface area is 164 Å². The average molecular weight is 376 g/mol. The Morgan fingerprint density at radius 1 is 1.21 bits per heavy atom. The number of likely N-dealkylation sites (tertiary alicyclic amines) is 1. The highest BCUT2D eigenvalue weighted by Crippen LogP contribution is 2.26. The van der Waals surface area contributed by atoms with Crippen molar-refractivity contribution in [1.82, 2.24) is 14.7 Å². The van der Waals surface area contributed by atoms with E-state index in [-0.39, 0.29) is 11.9 Å². The summed E-state index contributed by atoms with van der Waals surface area (Å²) in [6, 6.07) is 17.4. The standard InChI is InChI=1S/C22H24N4O2/c1-28-21-11-3-2-7-17(21)16-25-13-5-10-20(25)22(27)24-18-8-4-9-19(15-18)26-14-6-12-23-26/h2-4,6-9,11-12,14-15,20H,5,10,13,16H2,1H3,(H,24,27)/t20-/m0/s1. The Kier molecular flexibility index (Phi) is 5.39. The molecule has 6 nitrogen and oxygen atoms in total. The summed E-state index contributed by atoms with van der Waals surface area (Å²) < 4.78 is 7.24. The van der Waals surface area contributed by atoms with Gasteiger partial charge < -0.3 is 10.1 Å². The van der Waals surface area contributed by atoms with Crippen molar-refractivity contribution in [1.29, 1.82) is 0 Å². The number of hydrogen-bond acceptors (Lipinski definition) is 4. The predicted octanol–water partition coefficient (Wildman–Crippen LogP) is 3.48. The first-order valence-electron chi connectivity index (χ1n) is 9.51. The van der Waals surface area contributed by atoms with Crippen LogP contribution in [0.25, 0.3) is 5.69 Å². The third kappa shape index (κ3) is 3.92. The average Bonchev–Trinajstić information content (AvgIpc) is 3.41. The van der Waals surface area contributed by atoms with Gasteiger partial charge in [0.2, 0.25) is 5.91 Å². The monoisotopic (exact) mass is 376 g/mol. The molecule has 1 amide bonds. The van der Waals surface area contributed by atoms with E-state index < -0.39 is 0 Å². The summed E-state index contributed by atoms with van der Waals surface area (Å²) in [5, 5.41) is 7.32. The normalized spacial score (nSPS) is 16.8. The molecule has 1 atom stereocenters. The van der Waals surface area contributed by atoms with Crippen LogP contribution in [0.4, 0.5) is 5.69 Å². The highest BCUT2D eigenvalue weighted by Gasteiger charge is 2.31. The third-order valence-electron chi connectivity index (χ3n) is 5.11. The number of benzene rings is 2. The van der Waals surface area contributed by atoms with E-state index in [2.05, 4.69) is 21.4 Å². The molecule has 0 radical (unpaired) electrons. The summed E-state index contributed by atoms with van der Waals surface area (Å²) >= 11 is 0. The van der Waals surface area contributed by atoms with Crippen LogP contribution in [0.5, 0.6) is 5.75 Å². The number of nitrogens with one attached hydrogen (secondary N) is 1. The van der Waals surface area contributed by atoms with E-state index in [4.69, 9.17) is 4.74 Å². The molecule has 0 spiro atoms. The van der Waals surface area contributed by atoms with Crippen molar-refractivity contribution in [2.24, 2.45) is 0 Å². The van der Waals surface area contributed by atoms with Crippen LogP contribution in [0.1, 0.15) is 18.4 Å². The van der Waals surface area contributed by atoms with Gasteiger partial charge in [-0.3, -0.25) is 9.69 Å². The van der Waals surface area contributed by atoms with Crippen LogP contribution in [0.3, 0.4) is 0 Å². The van der Waals surface area contributed by atoms with Crippen molar-refractivity contribution in [3.05, 3.63) is 72.6 Å². The molecule has 6 heteroatoms. The number of carbonyl (C=O) groups is 1. The first kappa shape index (κ1) is 18.3. The van der Waals surface area contributed by atoms with Crippen LogP contribution in [0, 0.1) is 0 Å². The van der Waals surface area contributed by atoms with E-state index in [1.807, 2.05) is 54.7 Å². The van der Waals surface area contributed by atoms with Crippen LogP contribution in [-0.4, -0.2) is 40.3 Å². The highest BCUT2D eigenvalue weighted by atomic mass is 16.5. The number of anilines is 1. The Morgan fingerprint density at radius 3 is 2.93 bits per heavy atom. The molecule has 0 saturated carbocycles. The maximum atomic E-state index is 13.0. The third-order valence-corrected chi connectivity index (χ3v) is 5.11. The van der Waals surface area contributed by atoms with Gasteiger partial charge in [-0.15, -0.1) is 0 Å². The zero-order valence-electron chi connectivity index (χ0n) is 15.9. The Bertz CT molecular complexity index is 939. The molecule has 2 heterocycles. The quantitative estimate of drug-likeness (QED) is 0.716. The van der Waals surface area contributed by atoms with Crippen molar-refractivity contribution in [3.8, 4) is 11.4 Å². The second-order valence-electron chi connectivity index (χ2n) is 6.93. The van der Waals surface area contributed by atoms with Crippen molar-refractivity contribution < 1.29 is 9.53 Å². The van der Waals surface area contributed by atoms with Gasteiger partial charge in [-0.25, -0.2) is 4.68 Å². The molecule has 1 aromatic heterocycles. The molecule has 1 aliphatic heterocycles. The molecule has 0 aliphatic carbocycles. The van der Waals surface area contributed by atoms with E-state index in [9.17, 15) is 4.79 Å². The molecule has 0 unspecified atom stereocenters. The van der Waals surface area contributed by atoms with Crippen molar-refractivity contribution in [3.63, 3.8) is 0 Å². The molecule has 28 heavy (non-hydrogen) atoms. The van der Waals surface area contributed by atoms with E-state index >= 15 is 0 Å². The van der Waals surface area contributed by atoms with Gasteiger partial charge in [0.05, 0.1) is 18.8 Å². The molecule has 4 rings (SSSR count). The molecule has 1 fully saturated rings. The van der Waals surface area contributed by atoms with Crippen LogP contribution >= 0.6 is 0 Å². The molecule has 1 saturated heterocycles. The smallest absolute Gasteiger partial charge is 0.241 e. The number of methoxy groups -OCH3 is 1. The first-order chi connectivity index (χ1) is 13.7. The minimum Gasteiger partial charge on any atom is -0.496 e. The van der Waals surface area contributed by atoms with Crippen molar-refractivity contribution >= 4 is 11.6 Å². The van der Waals surface area contributed by atoms with E-state index in [0.717, 1.165) is 42.1 Å². The molecule has 0 bridgehead atoms. The summed E-state index contributed by atoms with van der Waals surface area (Å²) in [4.78, 5) is 15.2. The van der Waals surface area contributed by atoms with Gasteiger partial charge in [0.15, 0.2) is 0 Å². The minimum absolute atomic E-state index is 0.0324. The topological polar surface area (TPSA) is 59.4 Å². The Hall–Kier alpha value is -3.12. The first-order valence-corrected chi connectivity index (χ1v) is 9.51. The number of para-hydroxylation sites is 1. The summed E-state index contributed by atoms with van der Waals surface area (Å²) in [5.74, 6) is 0.894. The summed E-state index contributed by atoms with van der Waals surface area (Å²) in [6.07, 6.45) is 5.49. The minimum atomic E-state index is -0.140.